The molecule has 1 atom stereocenters. The van der Waals surface area contributed by atoms with E-state index in [0.717, 1.165) is 18.7 Å². The van der Waals surface area contributed by atoms with Crippen molar-refractivity contribution in [3.05, 3.63) is 54.6 Å². The summed E-state index contributed by atoms with van der Waals surface area (Å²) in [4.78, 5) is 14.8. The highest BCUT2D eigenvalue weighted by atomic mass is 32.2. The normalized spacial score (nSPS) is 12.4. The topological polar surface area (TPSA) is 87.7 Å². The van der Waals surface area contributed by atoms with E-state index in [9.17, 15) is 13.2 Å². The summed E-state index contributed by atoms with van der Waals surface area (Å²) in [5.74, 6) is 0.0297. The van der Waals surface area contributed by atoms with Gasteiger partial charge in [-0.2, -0.15) is 4.72 Å². The summed E-state index contributed by atoms with van der Waals surface area (Å²) < 4.78 is 33.0. The fourth-order valence-corrected chi connectivity index (χ4v) is 4.28. The van der Waals surface area contributed by atoms with Gasteiger partial charge in [-0.3, -0.25) is 4.79 Å². The highest BCUT2D eigenvalue weighted by Crippen LogP contribution is 2.17. The van der Waals surface area contributed by atoms with E-state index in [1.165, 1.54) is 19.2 Å². The molecule has 0 aliphatic rings. The van der Waals surface area contributed by atoms with Crippen LogP contribution in [-0.2, 0) is 14.8 Å². The Kier molecular flexibility index (Phi) is 8.68. The van der Waals surface area contributed by atoms with Crippen LogP contribution in [0.25, 0.3) is 0 Å². The number of sulfonamides is 1. The van der Waals surface area contributed by atoms with E-state index in [-0.39, 0.29) is 16.7 Å². The molecule has 2 aromatic carbocycles. The van der Waals surface area contributed by atoms with Crippen LogP contribution in [0.4, 0.5) is 5.69 Å². The van der Waals surface area contributed by atoms with Crippen LogP contribution in [0, 0.1) is 5.92 Å². The Hall–Kier alpha value is -2.58. The second kappa shape index (κ2) is 11.0. The molecule has 1 amide bonds. The monoisotopic (exact) mass is 433 g/mol. The molecule has 0 saturated carbocycles. The molecule has 7 nitrogen and oxygen atoms in total. The van der Waals surface area contributed by atoms with E-state index in [1.807, 2.05) is 51.2 Å². The van der Waals surface area contributed by atoms with Crippen LogP contribution in [0.3, 0.4) is 0 Å². The molecule has 8 heteroatoms. The van der Waals surface area contributed by atoms with Gasteiger partial charge in [-0.1, -0.05) is 32.0 Å². The molecule has 0 saturated heterocycles. The molecule has 0 spiro atoms. The molecule has 2 aromatic rings. The molecular formula is C22H31N3O4S. The van der Waals surface area contributed by atoms with Gasteiger partial charge in [0.15, 0.2) is 0 Å². The average molecular weight is 434 g/mol. The van der Waals surface area contributed by atoms with E-state index in [0.29, 0.717) is 12.3 Å². The zero-order chi connectivity index (χ0) is 22.1. The number of amides is 1. The molecule has 164 valence electrons. The summed E-state index contributed by atoms with van der Waals surface area (Å²) >= 11 is 0. The van der Waals surface area contributed by atoms with Gasteiger partial charge in [0.2, 0.25) is 15.9 Å². The molecule has 2 rings (SSSR count). The highest BCUT2D eigenvalue weighted by molar-refractivity contribution is 7.89. The maximum absolute atomic E-state index is 12.7. The third-order valence-electron chi connectivity index (χ3n) is 4.77. The third kappa shape index (κ3) is 6.74. The van der Waals surface area contributed by atoms with Gasteiger partial charge in [-0.15, -0.1) is 0 Å². The number of benzene rings is 2. The van der Waals surface area contributed by atoms with Crippen LogP contribution in [0.15, 0.2) is 59.5 Å². The lowest BCUT2D eigenvalue weighted by Gasteiger charge is -2.23. The summed E-state index contributed by atoms with van der Waals surface area (Å²) in [6.45, 7) is 4.85. The Balaban J connectivity index is 1.90. The predicted octanol–water partition coefficient (Wildman–Crippen LogP) is 2.64. The van der Waals surface area contributed by atoms with E-state index >= 15 is 0 Å². The Bertz CT molecular complexity index is 900. The molecule has 0 aromatic heterocycles. The second-order valence-electron chi connectivity index (χ2n) is 7.42. The van der Waals surface area contributed by atoms with Crippen LogP contribution >= 0.6 is 0 Å². The molecule has 0 bridgehead atoms. The van der Waals surface area contributed by atoms with Gasteiger partial charge in [0.1, 0.15) is 11.8 Å². The molecule has 0 fully saturated rings. The fraction of sp³-hybridized carbons (Fsp3) is 0.409. The van der Waals surface area contributed by atoms with Crippen LogP contribution < -0.4 is 19.7 Å². The van der Waals surface area contributed by atoms with Gasteiger partial charge in [0, 0.05) is 25.8 Å². The number of carbonyl (C=O) groups is 1. The van der Waals surface area contributed by atoms with Gasteiger partial charge in [0.05, 0.1) is 12.0 Å². The smallest absolute Gasteiger partial charge is 0.241 e. The van der Waals surface area contributed by atoms with E-state index in [2.05, 4.69) is 14.9 Å². The minimum Gasteiger partial charge on any atom is -0.497 e. The van der Waals surface area contributed by atoms with Gasteiger partial charge in [-0.05, 0) is 48.7 Å². The number of nitrogens with one attached hydrogen (secondary N) is 2. The molecule has 0 heterocycles. The van der Waals surface area contributed by atoms with Crippen molar-refractivity contribution in [1.29, 1.82) is 0 Å². The van der Waals surface area contributed by atoms with Crippen molar-refractivity contribution in [1.82, 2.24) is 10.0 Å². The van der Waals surface area contributed by atoms with Crippen molar-refractivity contribution in [2.45, 2.75) is 31.2 Å². The van der Waals surface area contributed by atoms with Gasteiger partial charge in [-0.25, -0.2) is 8.42 Å². The van der Waals surface area contributed by atoms with E-state index in [1.54, 1.807) is 12.1 Å². The number of para-hydroxylation sites is 1. The lowest BCUT2D eigenvalue weighted by atomic mass is 10.1. The molecule has 2 N–H and O–H groups in total. The number of nitrogens with zero attached hydrogens (tertiary/aromatic N) is 1. The van der Waals surface area contributed by atoms with Crippen molar-refractivity contribution < 1.29 is 17.9 Å². The summed E-state index contributed by atoms with van der Waals surface area (Å²) in [5.41, 5.74) is 1.11. The van der Waals surface area contributed by atoms with E-state index < -0.39 is 16.1 Å². The van der Waals surface area contributed by atoms with Crippen molar-refractivity contribution in [2.24, 2.45) is 5.92 Å². The summed E-state index contributed by atoms with van der Waals surface area (Å²) in [6.07, 6.45) is 0.743. The lowest BCUT2D eigenvalue weighted by molar-refractivity contribution is -0.123. The maximum atomic E-state index is 12.7. The predicted molar refractivity (Wildman–Crippen MR) is 119 cm³/mol. The molecule has 0 radical (unpaired) electrons. The zero-order valence-electron chi connectivity index (χ0n) is 18.0. The van der Waals surface area contributed by atoms with Crippen LogP contribution in [0.2, 0.25) is 0 Å². The zero-order valence-corrected chi connectivity index (χ0v) is 18.8. The Labute approximate surface area is 179 Å². The minimum absolute atomic E-state index is 0.0891. The van der Waals surface area contributed by atoms with Gasteiger partial charge >= 0.3 is 0 Å². The molecule has 0 unspecified atom stereocenters. The minimum atomic E-state index is -3.83. The number of hydrogen-bond donors (Lipinski definition) is 2. The Morgan fingerprint density at radius 2 is 1.70 bits per heavy atom. The second-order valence-corrected chi connectivity index (χ2v) is 9.13. The van der Waals surface area contributed by atoms with Crippen LogP contribution in [0.1, 0.15) is 20.3 Å². The number of ether oxygens (including phenoxy) is 1. The summed E-state index contributed by atoms with van der Waals surface area (Å²) in [5, 5.41) is 2.85. The number of carbonyl (C=O) groups excluding carboxylic acids is 1. The largest absolute Gasteiger partial charge is 0.497 e. The number of anilines is 1. The maximum Gasteiger partial charge on any atom is 0.241 e. The van der Waals surface area contributed by atoms with Crippen LogP contribution in [0.5, 0.6) is 5.75 Å². The SMILES string of the molecule is COc1ccc(S(=O)(=O)N[C@H](C(=O)NCCCN(C)c2ccccc2)C(C)C)cc1. The highest BCUT2D eigenvalue weighted by Gasteiger charge is 2.28. The van der Waals surface area contributed by atoms with Crippen LogP contribution in [-0.4, -0.2) is 47.6 Å². The van der Waals surface area contributed by atoms with Crippen molar-refractivity contribution in [2.75, 3.05) is 32.1 Å². The van der Waals surface area contributed by atoms with Crippen molar-refractivity contribution >= 4 is 21.6 Å². The Morgan fingerprint density at radius 1 is 1.07 bits per heavy atom. The summed E-state index contributed by atoms with van der Waals surface area (Å²) in [6, 6.07) is 15.2. The first-order valence-corrected chi connectivity index (χ1v) is 11.4. The van der Waals surface area contributed by atoms with Crippen molar-refractivity contribution in [3.63, 3.8) is 0 Å². The molecule has 30 heavy (non-hydrogen) atoms. The first kappa shape index (κ1) is 23.7. The standard InChI is InChI=1S/C22H31N3O4S/c1-17(2)21(24-30(27,28)20-13-11-19(29-4)12-14-20)22(26)23-15-8-16-25(3)18-9-6-5-7-10-18/h5-7,9-14,17,21,24H,8,15-16H2,1-4H3,(H,23,26)/t21-/m0/s1. The number of hydrogen-bond acceptors (Lipinski definition) is 5. The molecule has 0 aliphatic carbocycles. The first-order chi connectivity index (χ1) is 14.2. The number of methoxy groups -OCH3 is 1. The first-order valence-electron chi connectivity index (χ1n) is 9.95. The van der Waals surface area contributed by atoms with E-state index in [4.69, 9.17) is 4.74 Å². The summed E-state index contributed by atoms with van der Waals surface area (Å²) in [7, 11) is -0.320. The lowest BCUT2D eigenvalue weighted by Crippen LogP contribution is -2.49. The van der Waals surface area contributed by atoms with Crippen molar-refractivity contribution in [3.8, 4) is 5.75 Å². The van der Waals surface area contributed by atoms with Gasteiger partial charge in [0.25, 0.3) is 0 Å². The molecular weight excluding hydrogens is 402 g/mol. The quantitative estimate of drug-likeness (QED) is 0.532. The fourth-order valence-electron chi connectivity index (χ4n) is 2.93. The molecule has 0 aliphatic heterocycles. The third-order valence-corrected chi connectivity index (χ3v) is 6.22. The van der Waals surface area contributed by atoms with Gasteiger partial charge < -0.3 is 15.0 Å². The number of rotatable bonds is 11. The Morgan fingerprint density at radius 3 is 2.27 bits per heavy atom. The average Bonchev–Trinajstić information content (AvgIpc) is 2.75.